The summed E-state index contributed by atoms with van der Waals surface area (Å²) in [6.45, 7) is 6.30. The summed E-state index contributed by atoms with van der Waals surface area (Å²) in [6.07, 6.45) is -2.67. The minimum Gasteiger partial charge on any atom is -0.250 e. The Balaban J connectivity index is 1.91. The lowest BCUT2D eigenvalue weighted by atomic mass is 9.86. The Morgan fingerprint density at radius 3 is 2.19 bits per heavy atom. The number of nitrogens with zero attached hydrogens (tertiary/aromatic N) is 3. The molecule has 0 radical (unpaired) electrons. The Bertz CT molecular complexity index is 1000. The lowest BCUT2D eigenvalue weighted by Gasteiger charge is -2.19. The van der Waals surface area contributed by atoms with Crippen molar-refractivity contribution in [2.24, 2.45) is 7.05 Å². The normalized spacial score (nSPS) is 15.5. The predicted molar refractivity (Wildman–Crippen MR) is 99.6 cm³/mol. The average molecular weight is 373 g/mol. The monoisotopic (exact) mass is 373 g/mol. The Hall–Kier alpha value is -2.37. The van der Waals surface area contributed by atoms with Crippen LogP contribution in [0.5, 0.6) is 0 Å². The Morgan fingerprint density at radius 2 is 1.67 bits per heavy atom. The molecule has 3 nitrogen and oxygen atoms in total. The molecule has 0 atom stereocenters. The minimum absolute atomic E-state index is 0.0196. The van der Waals surface area contributed by atoms with Crippen LogP contribution in [0.2, 0.25) is 0 Å². The summed E-state index contributed by atoms with van der Waals surface area (Å²) in [7, 11) is 1.66. The SMILES string of the molecule is Cn1nc(C2CC2)c2c(C(F)(F)F)cc(-c3ccc(C(C)(C)C)cc3)nc21. The number of alkyl halides is 3. The van der Waals surface area contributed by atoms with Crippen LogP contribution in [0.15, 0.2) is 30.3 Å². The quantitative estimate of drug-likeness (QED) is 0.566. The number of halogens is 3. The van der Waals surface area contributed by atoms with Crippen molar-refractivity contribution in [1.82, 2.24) is 14.8 Å². The number of pyridine rings is 1. The molecule has 1 saturated carbocycles. The van der Waals surface area contributed by atoms with Crippen LogP contribution >= 0.6 is 0 Å². The number of aromatic nitrogens is 3. The van der Waals surface area contributed by atoms with Crippen molar-refractivity contribution in [1.29, 1.82) is 0 Å². The summed E-state index contributed by atoms with van der Waals surface area (Å²) in [6, 6.07) is 8.75. The van der Waals surface area contributed by atoms with Crippen molar-refractivity contribution in [3.63, 3.8) is 0 Å². The zero-order valence-corrected chi connectivity index (χ0v) is 15.9. The first-order valence-electron chi connectivity index (χ1n) is 9.11. The number of hydrogen-bond donors (Lipinski definition) is 0. The van der Waals surface area contributed by atoms with Crippen molar-refractivity contribution < 1.29 is 13.2 Å². The lowest BCUT2D eigenvalue weighted by molar-refractivity contribution is -0.136. The van der Waals surface area contributed by atoms with Crippen LogP contribution in [0.25, 0.3) is 22.3 Å². The van der Waals surface area contributed by atoms with Crippen LogP contribution in [0, 0.1) is 0 Å². The van der Waals surface area contributed by atoms with E-state index in [2.05, 4.69) is 30.9 Å². The molecule has 2 heterocycles. The highest BCUT2D eigenvalue weighted by molar-refractivity contribution is 5.86. The minimum atomic E-state index is -4.45. The van der Waals surface area contributed by atoms with Gasteiger partial charge in [-0.3, -0.25) is 4.68 Å². The van der Waals surface area contributed by atoms with Crippen LogP contribution in [0.4, 0.5) is 13.2 Å². The number of hydrogen-bond acceptors (Lipinski definition) is 2. The lowest BCUT2D eigenvalue weighted by Crippen LogP contribution is -2.10. The van der Waals surface area contributed by atoms with Crippen LogP contribution < -0.4 is 0 Å². The van der Waals surface area contributed by atoms with E-state index < -0.39 is 11.7 Å². The molecule has 0 spiro atoms. The van der Waals surface area contributed by atoms with Crippen LogP contribution in [-0.2, 0) is 18.6 Å². The van der Waals surface area contributed by atoms with Crippen molar-refractivity contribution in [3.8, 4) is 11.3 Å². The van der Waals surface area contributed by atoms with E-state index in [0.29, 0.717) is 22.6 Å². The average Bonchev–Trinajstić information content (AvgIpc) is 3.37. The van der Waals surface area contributed by atoms with Gasteiger partial charge in [0.25, 0.3) is 0 Å². The third kappa shape index (κ3) is 3.22. The molecule has 1 aromatic carbocycles. The Labute approximate surface area is 156 Å². The van der Waals surface area contributed by atoms with Crippen molar-refractivity contribution >= 4 is 11.0 Å². The first-order valence-corrected chi connectivity index (χ1v) is 9.11. The molecule has 3 aromatic rings. The van der Waals surface area contributed by atoms with Crippen molar-refractivity contribution in [2.45, 2.75) is 51.1 Å². The van der Waals surface area contributed by atoms with Gasteiger partial charge in [0.15, 0.2) is 5.65 Å². The maximum absolute atomic E-state index is 13.8. The number of benzene rings is 1. The summed E-state index contributed by atoms with van der Waals surface area (Å²) >= 11 is 0. The van der Waals surface area contributed by atoms with E-state index in [4.69, 9.17) is 0 Å². The molecule has 0 saturated heterocycles. The van der Waals surface area contributed by atoms with E-state index in [0.717, 1.165) is 18.4 Å². The molecule has 1 fully saturated rings. The molecule has 1 aliphatic carbocycles. The first kappa shape index (κ1) is 18.0. The Kier molecular flexibility index (Phi) is 3.88. The van der Waals surface area contributed by atoms with E-state index in [1.165, 1.54) is 10.7 Å². The first-order chi connectivity index (χ1) is 12.6. The third-order valence-corrected chi connectivity index (χ3v) is 5.14. The van der Waals surface area contributed by atoms with Gasteiger partial charge in [-0.25, -0.2) is 4.98 Å². The molecule has 0 unspecified atom stereocenters. The van der Waals surface area contributed by atoms with Crippen LogP contribution in [0.3, 0.4) is 0 Å². The number of aryl methyl sites for hydroxylation is 1. The topological polar surface area (TPSA) is 30.7 Å². The zero-order valence-electron chi connectivity index (χ0n) is 15.9. The maximum Gasteiger partial charge on any atom is 0.417 e. The molecule has 142 valence electrons. The van der Waals surface area contributed by atoms with Gasteiger partial charge >= 0.3 is 6.18 Å². The molecule has 0 N–H and O–H groups in total. The fourth-order valence-corrected chi connectivity index (χ4v) is 3.43. The van der Waals surface area contributed by atoms with Gasteiger partial charge in [-0.05, 0) is 29.9 Å². The van der Waals surface area contributed by atoms with E-state index >= 15 is 0 Å². The van der Waals surface area contributed by atoms with Crippen LogP contribution in [-0.4, -0.2) is 14.8 Å². The number of fused-ring (bicyclic) bond motifs is 1. The van der Waals surface area contributed by atoms with Crippen molar-refractivity contribution in [2.75, 3.05) is 0 Å². The summed E-state index contributed by atoms with van der Waals surface area (Å²) in [5, 5.41) is 4.52. The highest BCUT2D eigenvalue weighted by atomic mass is 19.4. The molecule has 1 aliphatic rings. The fourth-order valence-electron chi connectivity index (χ4n) is 3.43. The van der Waals surface area contributed by atoms with E-state index in [9.17, 15) is 13.2 Å². The molecule has 6 heteroatoms. The second-order valence-electron chi connectivity index (χ2n) is 8.36. The molecule has 4 rings (SSSR count). The standard InChI is InChI=1S/C21H22F3N3/c1-20(2,3)14-9-7-12(8-10-14)16-11-15(21(22,23)24)17-18(13-5-6-13)26-27(4)19(17)25-16/h7-11,13H,5-6H2,1-4H3. The van der Waals surface area contributed by atoms with E-state index in [1.54, 1.807) is 7.05 Å². The molecular weight excluding hydrogens is 351 g/mol. The highest BCUT2D eigenvalue weighted by Gasteiger charge is 2.39. The maximum atomic E-state index is 13.8. The third-order valence-electron chi connectivity index (χ3n) is 5.14. The van der Waals surface area contributed by atoms with Gasteiger partial charge in [0.1, 0.15) is 0 Å². The van der Waals surface area contributed by atoms with Gasteiger partial charge in [0, 0.05) is 18.5 Å². The van der Waals surface area contributed by atoms with Gasteiger partial charge in [-0.1, -0.05) is 45.0 Å². The highest BCUT2D eigenvalue weighted by Crippen LogP contribution is 2.46. The van der Waals surface area contributed by atoms with E-state index in [-0.39, 0.29) is 16.7 Å². The van der Waals surface area contributed by atoms with Gasteiger partial charge in [-0.15, -0.1) is 0 Å². The molecule has 0 amide bonds. The summed E-state index contributed by atoms with van der Waals surface area (Å²) in [5.41, 5.74) is 2.28. The molecule has 27 heavy (non-hydrogen) atoms. The smallest absolute Gasteiger partial charge is 0.250 e. The van der Waals surface area contributed by atoms with Gasteiger partial charge in [0.2, 0.25) is 0 Å². The van der Waals surface area contributed by atoms with Crippen LogP contribution in [0.1, 0.15) is 56.4 Å². The molecular formula is C21H22F3N3. The molecule has 0 bridgehead atoms. The fraction of sp³-hybridized carbons (Fsp3) is 0.429. The van der Waals surface area contributed by atoms with Gasteiger partial charge < -0.3 is 0 Å². The second-order valence-corrected chi connectivity index (χ2v) is 8.36. The van der Waals surface area contributed by atoms with Gasteiger partial charge in [0.05, 0.1) is 22.3 Å². The predicted octanol–water partition coefficient (Wildman–Crippen LogP) is 5.83. The second kappa shape index (κ2) is 5.81. The molecule has 0 aliphatic heterocycles. The summed E-state index contributed by atoms with van der Waals surface area (Å²) < 4.78 is 43.0. The largest absolute Gasteiger partial charge is 0.417 e. The number of rotatable bonds is 2. The van der Waals surface area contributed by atoms with Gasteiger partial charge in [-0.2, -0.15) is 18.3 Å². The summed E-state index contributed by atoms with van der Waals surface area (Å²) in [4.78, 5) is 4.54. The molecule has 2 aromatic heterocycles. The summed E-state index contributed by atoms with van der Waals surface area (Å²) in [5.74, 6) is 0.119. The Morgan fingerprint density at radius 1 is 1.04 bits per heavy atom. The zero-order chi connectivity index (χ0) is 19.6. The van der Waals surface area contributed by atoms with Crippen molar-refractivity contribution in [3.05, 3.63) is 47.2 Å². The van der Waals surface area contributed by atoms with E-state index in [1.807, 2.05) is 24.3 Å².